The van der Waals surface area contributed by atoms with E-state index in [1.807, 2.05) is 6.07 Å². The van der Waals surface area contributed by atoms with Crippen molar-refractivity contribution < 1.29 is 0 Å². The SMILES string of the molecule is Nc1cccc2c1CCCN2CC1CCSC1. The maximum Gasteiger partial charge on any atom is 0.0419 e. The number of fused-ring (bicyclic) bond motifs is 1. The maximum atomic E-state index is 6.08. The minimum Gasteiger partial charge on any atom is -0.398 e. The Balaban J connectivity index is 1.81. The van der Waals surface area contributed by atoms with Gasteiger partial charge in [0.1, 0.15) is 0 Å². The van der Waals surface area contributed by atoms with Crippen molar-refractivity contribution in [3.05, 3.63) is 23.8 Å². The molecular formula is C14H20N2S. The highest BCUT2D eigenvalue weighted by Gasteiger charge is 2.23. The fraction of sp³-hybridized carbons (Fsp3) is 0.571. The second kappa shape index (κ2) is 4.81. The Labute approximate surface area is 108 Å². The van der Waals surface area contributed by atoms with Crippen LogP contribution in [0.15, 0.2) is 18.2 Å². The first kappa shape index (κ1) is 11.3. The van der Waals surface area contributed by atoms with Crippen LogP contribution in [-0.4, -0.2) is 24.6 Å². The number of nitrogens with zero attached hydrogens (tertiary/aromatic N) is 1. The first-order valence-electron chi connectivity index (χ1n) is 6.54. The van der Waals surface area contributed by atoms with Crippen LogP contribution in [0.1, 0.15) is 18.4 Å². The van der Waals surface area contributed by atoms with E-state index in [0.29, 0.717) is 0 Å². The number of anilines is 2. The van der Waals surface area contributed by atoms with Crippen LogP contribution in [0.4, 0.5) is 11.4 Å². The van der Waals surface area contributed by atoms with Crippen molar-refractivity contribution in [3.63, 3.8) is 0 Å². The molecule has 1 unspecified atom stereocenters. The van der Waals surface area contributed by atoms with Crippen molar-refractivity contribution in [2.45, 2.75) is 19.3 Å². The zero-order valence-electron chi connectivity index (χ0n) is 10.2. The lowest BCUT2D eigenvalue weighted by Crippen LogP contribution is -2.34. The largest absolute Gasteiger partial charge is 0.398 e. The molecule has 1 aromatic rings. The summed E-state index contributed by atoms with van der Waals surface area (Å²) in [6.45, 7) is 2.43. The molecule has 2 aliphatic heterocycles. The number of nitrogen functional groups attached to an aromatic ring is 1. The van der Waals surface area contributed by atoms with Gasteiger partial charge >= 0.3 is 0 Å². The lowest BCUT2D eigenvalue weighted by atomic mass is 9.98. The van der Waals surface area contributed by atoms with Gasteiger partial charge in [0.15, 0.2) is 0 Å². The highest BCUT2D eigenvalue weighted by Crippen LogP contribution is 2.33. The molecule has 1 aromatic carbocycles. The van der Waals surface area contributed by atoms with Crippen molar-refractivity contribution in [1.82, 2.24) is 0 Å². The molecule has 1 atom stereocenters. The van der Waals surface area contributed by atoms with Crippen LogP contribution in [0.5, 0.6) is 0 Å². The molecule has 0 aliphatic carbocycles. The van der Waals surface area contributed by atoms with E-state index in [4.69, 9.17) is 5.73 Å². The second-order valence-corrected chi connectivity index (χ2v) is 6.27. The van der Waals surface area contributed by atoms with Gasteiger partial charge in [-0.15, -0.1) is 0 Å². The molecule has 0 aromatic heterocycles. The van der Waals surface area contributed by atoms with Crippen LogP contribution in [0.25, 0.3) is 0 Å². The van der Waals surface area contributed by atoms with E-state index in [9.17, 15) is 0 Å². The zero-order chi connectivity index (χ0) is 11.7. The van der Waals surface area contributed by atoms with Crippen LogP contribution in [0.2, 0.25) is 0 Å². The Hall–Kier alpha value is -0.830. The van der Waals surface area contributed by atoms with E-state index < -0.39 is 0 Å². The summed E-state index contributed by atoms with van der Waals surface area (Å²) in [6.07, 6.45) is 3.79. The van der Waals surface area contributed by atoms with Gasteiger partial charge in [-0.2, -0.15) is 11.8 Å². The Morgan fingerprint density at radius 3 is 3.18 bits per heavy atom. The summed E-state index contributed by atoms with van der Waals surface area (Å²) in [5, 5.41) is 0. The Bertz CT molecular complexity index is 399. The lowest BCUT2D eigenvalue weighted by molar-refractivity contribution is 0.555. The molecule has 3 rings (SSSR count). The Morgan fingerprint density at radius 2 is 2.35 bits per heavy atom. The van der Waals surface area contributed by atoms with E-state index in [1.54, 1.807) is 0 Å². The molecule has 0 amide bonds. The van der Waals surface area contributed by atoms with Crippen LogP contribution in [0, 0.1) is 5.92 Å². The molecule has 2 aliphatic rings. The third-order valence-corrected chi connectivity index (χ3v) is 5.12. The molecule has 0 radical (unpaired) electrons. The van der Waals surface area contributed by atoms with Crippen LogP contribution < -0.4 is 10.6 Å². The summed E-state index contributed by atoms with van der Waals surface area (Å²) in [5.41, 5.74) is 9.84. The number of benzene rings is 1. The fourth-order valence-electron chi connectivity index (χ4n) is 2.96. The number of thioether (sulfide) groups is 1. The Morgan fingerprint density at radius 1 is 1.41 bits per heavy atom. The van der Waals surface area contributed by atoms with Gasteiger partial charge in [0.05, 0.1) is 0 Å². The number of rotatable bonds is 2. The van der Waals surface area contributed by atoms with Crippen LogP contribution in [-0.2, 0) is 6.42 Å². The topological polar surface area (TPSA) is 29.3 Å². The maximum absolute atomic E-state index is 6.08. The lowest BCUT2D eigenvalue weighted by Gasteiger charge is -2.33. The van der Waals surface area contributed by atoms with Crippen molar-refractivity contribution in [2.75, 3.05) is 35.2 Å². The standard InChI is InChI=1S/C14H20N2S/c15-13-4-1-5-14-12(13)3-2-7-16(14)9-11-6-8-17-10-11/h1,4-5,11H,2-3,6-10,15H2. The van der Waals surface area contributed by atoms with Gasteiger partial charge in [0.2, 0.25) is 0 Å². The second-order valence-electron chi connectivity index (χ2n) is 5.12. The molecule has 0 saturated carbocycles. The summed E-state index contributed by atoms with van der Waals surface area (Å²) < 4.78 is 0. The summed E-state index contributed by atoms with van der Waals surface area (Å²) in [7, 11) is 0. The van der Waals surface area contributed by atoms with E-state index in [-0.39, 0.29) is 0 Å². The predicted octanol–water partition coefficient (Wildman–Crippen LogP) is 2.77. The number of nitrogens with two attached hydrogens (primary N) is 1. The third kappa shape index (κ3) is 2.25. The fourth-order valence-corrected chi connectivity index (χ4v) is 4.23. The van der Waals surface area contributed by atoms with Gasteiger partial charge in [0, 0.05) is 24.5 Å². The number of hydrogen-bond donors (Lipinski definition) is 1. The molecule has 92 valence electrons. The van der Waals surface area contributed by atoms with Gasteiger partial charge in [0.25, 0.3) is 0 Å². The predicted molar refractivity (Wildman–Crippen MR) is 76.8 cm³/mol. The van der Waals surface area contributed by atoms with Crippen molar-refractivity contribution in [3.8, 4) is 0 Å². The molecule has 2 heterocycles. The van der Waals surface area contributed by atoms with Gasteiger partial charge in [-0.1, -0.05) is 6.07 Å². The third-order valence-electron chi connectivity index (χ3n) is 3.89. The monoisotopic (exact) mass is 248 g/mol. The van der Waals surface area contributed by atoms with Crippen molar-refractivity contribution in [2.24, 2.45) is 5.92 Å². The van der Waals surface area contributed by atoms with Crippen LogP contribution >= 0.6 is 11.8 Å². The van der Waals surface area contributed by atoms with Crippen molar-refractivity contribution in [1.29, 1.82) is 0 Å². The van der Waals surface area contributed by atoms with Gasteiger partial charge in [-0.3, -0.25) is 0 Å². The average Bonchev–Trinajstić information content (AvgIpc) is 2.83. The van der Waals surface area contributed by atoms with E-state index in [2.05, 4.69) is 28.8 Å². The smallest absolute Gasteiger partial charge is 0.0419 e. The first-order valence-corrected chi connectivity index (χ1v) is 7.70. The Kier molecular flexibility index (Phi) is 3.19. The van der Waals surface area contributed by atoms with Gasteiger partial charge < -0.3 is 10.6 Å². The zero-order valence-corrected chi connectivity index (χ0v) is 11.0. The molecule has 1 fully saturated rings. The minimum atomic E-state index is 0.882. The summed E-state index contributed by atoms with van der Waals surface area (Å²) in [6, 6.07) is 6.37. The summed E-state index contributed by atoms with van der Waals surface area (Å²) in [4.78, 5) is 2.56. The van der Waals surface area contributed by atoms with Crippen molar-refractivity contribution >= 4 is 23.1 Å². The van der Waals surface area contributed by atoms with E-state index >= 15 is 0 Å². The first-order chi connectivity index (χ1) is 8.34. The van der Waals surface area contributed by atoms with E-state index in [0.717, 1.165) is 18.0 Å². The number of hydrogen-bond acceptors (Lipinski definition) is 3. The molecule has 2 N–H and O–H groups in total. The summed E-state index contributed by atoms with van der Waals surface area (Å²) in [5.74, 6) is 3.57. The minimum absolute atomic E-state index is 0.882. The van der Waals surface area contributed by atoms with Crippen LogP contribution in [0.3, 0.4) is 0 Å². The molecule has 3 heteroatoms. The molecule has 1 saturated heterocycles. The molecular weight excluding hydrogens is 228 g/mol. The average molecular weight is 248 g/mol. The molecule has 0 spiro atoms. The van der Waals surface area contributed by atoms with Gasteiger partial charge in [-0.05, 0) is 54.4 Å². The molecule has 2 nitrogen and oxygen atoms in total. The summed E-state index contributed by atoms with van der Waals surface area (Å²) >= 11 is 2.10. The van der Waals surface area contributed by atoms with Gasteiger partial charge in [-0.25, -0.2) is 0 Å². The highest BCUT2D eigenvalue weighted by atomic mass is 32.2. The molecule has 0 bridgehead atoms. The van der Waals surface area contributed by atoms with E-state index in [1.165, 1.54) is 48.7 Å². The highest BCUT2D eigenvalue weighted by molar-refractivity contribution is 7.99. The normalized spacial score (nSPS) is 23.8. The quantitative estimate of drug-likeness (QED) is 0.816. The molecule has 17 heavy (non-hydrogen) atoms.